The molecule has 6 nitrogen and oxygen atoms in total. The zero-order valence-electron chi connectivity index (χ0n) is 22.2. The minimum Gasteiger partial charge on any atom is -0.349 e. The van der Waals surface area contributed by atoms with Crippen molar-refractivity contribution in [2.75, 3.05) is 13.1 Å². The first-order valence-electron chi connectivity index (χ1n) is 13.9. The van der Waals surface area contributed by atoms with E-state index in [0.29, 0.717) is 18.5 Å². The molecule has 2 aromatic carbocycles. The fourth-order valence-corrected chi connectivity index (χ4v) is 5.71. The normalized spacial score (nSPS) is 20.9. The zero-order chi connectivity index (χ0) is 26.2. The van der Waals surface area contributed by atoms with Gasteiger partial charge in [-0.3, -0.25) is 19.3 Å². The van der Waals surface area contributed by atoms with E-state index in [9.17, 15) is 14.4 Å². The Kier molecular flexibility index (Phi) is 9.51. The number of hydrogen-bond donors (Lipinski definition) is 2. The molecule has 1 fully saturated rings. The van der Waals surface area contributed by atoms with Gasteiger partial charge in [-0.2, -0.15) is 0 Å². The summed E-state index contributed by atoms with van der Waals surface area (Å²) in [4.78, 5) is 42.0. The molecule has 2 aromatic rings. The second-order valence-corrected chi connectivity index (χ2v) is 11.1. The van der Waals surface area contributed by atoms with Gasteiger partial charge in [-0.15, -0.1) is 0 Å². The molecule has 1 aliphatic carbocycles. The van der Waals surface area contributed by atoms with Crippen molar-refractivity contribution in [3.8, 4) is 0 Å². The van der Waals surface area contributed by atoms with Crippen molar-refractivity contribution in [2.45, 2.75) is 77.4 Å². The average Bonchev–Trinajstić information content (AvgIpc) is 3.10. The highest BCUT2D eigenvalue weighted by Gasteiger charge is 2.34. The third kappa shape index (κ3) is 7.51. The van der Waals surface area contributed by atoms with Gasteiger partial charge in [0.2, 0.25) is 5.91 Å². The molecule has 6 heteroatoms. The molecule has 4 rings (SSSR count). The number of rotatable bonds is 9. The van der Waals surface area contributed by atoms with Crippen LogP contribution in [0.15, 0.2) is 54.6 Å². The van der Waals surface area contributed by atoms with Crippen molar-refractivity contribution in [1.29, 1.82) is 0 Å². The van der Waals surface area contributed by atoms with Crippen LogP contribution in [0.1, 0.15) is 73.9 Å². The Balaban J connectivity index is 1.40. The molecule has 0 radical (unpaired) electrons. The Hall–Kier alpha value is -2.99. The quantitative estimate of drug-likeness (QED) is 0.527. The SMILES string of the molecule is CC(C)C[C@H](NC(=O)[C@H]1CCCC[C@H]1NC(=O)c1ccccc1)C(=O)CN1CCCc2ccccc2C1. The fraction of sp³-hybridized carbons (Fsp3) is 0.516. The second kappa shape index (κ2) is 13.0. The predicted molar refractivity (Wildman–Crippen MR) is 146 cm³/mol. The second-order valence-electron chi connectivity index (χ2n) is 11.1. The van der Waals surface area contributed by atoms with Crippen molar-refractivity contribution in [1.82, 2.24) is 15.5 Å². The number of carbonyl (C=O) groups is 3. The maximum absolute atomic E-state index is 13.5. The fourth-order valence-electron chi connectivity index (χ4n) is 5.71. The molecule has 198 valence electrons. The van der Waals surface area contributed by atoms with E-state index in [2.05, 4.69) is 53.6 Å². The highest BCUT2D eigenvalue weighted by Crippen LogP contribution is 2.26. The number of Topliss-reactive ketones (excluding diaryl/α,β-unsaturated/α-hetero) is 1. The first-order chi connectivity index (χ1) is 17.9. The molecule has 0 unspecified atom stereocenters. The Bertz CT molecular complexity index is 1070. The summed E-state index contributed by atoms with van der Waals surface area (Å²) in [5.74, 6) is -0.241. The molecular formula is C31H41N3O3. The predicted octanol–water partition coefficient (Wildman–Crippen LogP) is 4.52. The lowest BCUT2D eigenvalue weighted by Gasteiger charge is -2.33. The van der Waals surface area contributed by atoms with Crippen molar-refractivity contribution < 1.29 is 14.4 Å². The number of benzene rings is 2. The van der Waals surface area contributed by atoms with Crippen LogP contribution in [0.25, 0.3) is 0 Å². The van der Waals surface area contributed by atoms with Gasteiger partial charge in [0.15, 0.2) is 5.78 Å². The molecule has 37 heavy (non-hydrogen) atoms. The third-order valence-electron chi connectivity index (χ3n) is 7.68. The first kappa shape index (κ1) is 27.1. The number of carbonyl (C=O) groups excluding carboxylic acids is 3. The van der Waals surface area contributed by atoms with Crippen LogP contribution in [-0.2, 0) is 22.6 Å². The van der Waals surface area contributed by atoms with Crippen LogP contribution in [0.2, 0.25) is 0 Å². The van der Waals surface area contributed by atoms with Gasteiger partial charge in [0.1, 0.15) is 0 Å². The zero-order valence-corrected chi connectivity index (χ0v) is 22.2. The van der Waals surface area contributed by atoms with E-state index in [1.54, 1.807) is 12.1 Å². The van der Waals surface area contributed by atoms with E-state index in [1.165, 1.54) is 11.1 Å². The smallest absolute Gasteiger partial charge is 0.251 e. The Morgan fingerprint density at radius 2 is 1.62 bits per heavy atom. The topological polar surface area (TPSA) is 78.5 Å². The van der Waals surface area contributed by atoms with Gasteiger partial charge in [-0.25, -0.2) is 0 Å². The molecule has 1 heterocycles. The van der Waals surface area contributed by atoms with Crippen molar-refractivity contribution in [3.63, 3.8) is 0 Å². The summed E-state index contributed by atoms with van der Waals surface area (Å²) in [5.41, 5.74) is 3.25. The van der Waals surface area contributed by atoms with Crippen LogP contribution >= 0.6 is 0 Å². The molecule has 2 aliphatic rings. The number of nitrogens with one attached hydrogen (secondary N) is 2. The number of hydrogen-bond acceptors (Lipinski definition) is 4. The molecule has 0 bridgehead atoms. The lowest BCUT2D eigenvalue weighted by atomic mass is 9.83. The third-order valence-corrected chi connectivity index (χ3v) is 7.68. The molecule has 2 N–H and O–H groups in total. The van der Waals surface area contributed by atoms with Gasteiger partial charge in [0.05, 0.1) is 18.5 Å². The van der Waals surface area contributed by atoms with E-state index in [0.717, 1.165) is 51.6 Å². The number of aryl methyl sites for hydroxylation is 1. The van der Waals surface area contributed by atoms with E-state index in [4.69, 9.17) is 0 Å². The first-order valence-corrected chi connectivity index (χ1v) is 13.9. The molecule has 0 saturated heterocycles. The molecule has 0 spiro atoms. The van der Waals surface area contributed by atoms with E-state index in [-0.39, 0.29) is 35.5 Å². The van der Waals surface area contributed by atoms with Crippen LogP contribution in [0.4, 0.5) is 0 Å². The standard InChI is InChI=1S/C31H41N3O3/c1-22(2)19-28(29(35)21-34-18-10-15-23-11-6-7-14-25(23)20-34)33-31(37)26-16-8-9-17-27(26)32-30(36)24-12-4-3-5-13-24/h3-7,11-14,22,26-28H,8-10,15-21H2,1-2H3,(H,32,36)(H,33,37)/t26-,27+,28-/m0/s1. The van der Waals surface area contributed by atoms with Crippen LogP contribution in [0.3, 0.4) is 0 Å². The van der Waals surface area contributed by atoms with Crippen molar-refractivity contribution in [3.05, 3.63) is 71.3 Å². The Labute approximate surface area is 221 Å². The lowest BCUT2D eigenvalue weighted by molar-refractivity contribution is -0.132. The minimum absolute atomic E-state index is 0.0714. The number of ketones is 1. The number of amides is 2. The molecule has 2 amide bonds. The number of nitrogens with zero attached hydrogens (tertiary/aromatic N) is 1. The Morgan fingerprint density at radius 3 is 2.38 bits per heavy atom. The summed E-state index contributed by atoms with van der Waals surface area (Å²) in [6, 6.07) is 16.9. The summed E-state index contributed by atoms with van der Waals surface area (Å²) < 4.78 is 0. The maximum atomic E-state index is 13.5. The van der Waals surface area contributed by atoms with Crippen molar-refractivity contribution in [2.24, 2.45) is 11.8 Å². The highest BCUT2D eigenvalue weighted by atomic mass is 16.2. The van der Waals surface area contributed by atoms with Crippen LogP contribution in [-0.4, -0.2) is 47.7 Å². The van der Waals surface area contributed by atoms with Crippen molar-refractivity contribution >= 4 is 17.6 Å². The summed E-state index contributed by atoms with van der Waals surface area (Å²) in [6.45, 7) is 6.14. The highest BCUT2D eigenvalue weighted by molar-refractivity contribution is 5.95. The molecular weight excluding hydrogens is 462 g/mol. The van der Waals surface area contributed by atoms with Crippen LogP contribution in [0.5, 0.6) is 0 Å². The number of fused-ring (bicyclic) bond motifs is 1. The van der Waals surface area contributed by atoms with Gasteiger partial charge in [-0.1, -0.05) is 69.2 Å². The summed E-state index contributed by atoms with van der Waals surface area (Å²) >= 11 is 0. The maximum Gasteiger partial charge on any atom is 0.251 e. The van der Waals surface area contributed by atoms with Gasteiger partial charge in [-0.05, 0) is 67.8 Å². The molecule has 1 saturated carbocycles. The summed E-state index contributed by atoms with van der Waals surface area (Å²) in [6.07, 6.45) is 6.09. The van der Waals surface area contributed by atoms with Gasteiger partial charge in [0, 0.05) is 18.2 Å². The monoisotopic (exact) mass is 503 g/mol. The van der Waals surface area contributed by atoms with Gasteiger partial charge < -0.3 is 10.6 Å². The van der Waals surface area contributed by atoms with E-state index in [1.807, 2.05) is 18.2 Å². The summed E-state index contributed by atoms with van der Waals surface area (Å²) in [5, 5.41) is 6.22. The van der Waals surface area contributed by atoms with Gasteiger partial charge in [0.25, 0.3) is 5.91 Å². The molecule has 3 atom stereocenters. The van der Waals surface area contributed by atoms with E-state index >= 15 is 0 Å². The lowest BCUT2D eigenvalue weighted by Crippen LogP contribution is -2.53. The average molecular weight is 504 g/mol. The van der Waals surface area contributed by atoms with E-state index < -0.39 is 6.04 Å². The molecule has 0 aromatic heterocycles. The summed E-state index contributed by atoms with van der Waals surface area (Å²) in [7, 11) is 0. The Morgan fingerprint density at radius 1 is 0.919 bits per heavy atom. The van der Waals surface area contributed by atoms with Crippen LogP contribution in [0, 0.1) is 11.8 Å². The van der Waals surface area contributed by atoms with Crippen LogP contribution < -0.4 is 10.6 Å². The minimum atomic E-state index is -0.515. The van der Waals surface area contributed by atoms with Gasteiger partial charge >= 0.3 is 0 Å². The molecule has 1 aliphatic heterocycles. The largest absolute Gasteiger partial charge is 0.349 e.